The molecule has 0 bridgehead atoms. The maximum Gasteiger partial charge on any atom is 0.168 e. The summed E-state index contributed by atoms with van der Waals surface area (Å²) in [4.78, 5) is 11.9. The summed E-state index contributed by atoms with van der Waals surface area (Å²) in [6.45, 7) is 2.40. The van der Waals surface area contributed by atoms with Gasteiger partial charge in [0.1, 0.15) is 17.9 Å². The van der Waals surface area contributed by atoms with Gasteiger partial charge in [-0.25, -0.2) is 9.97 Å². The molecule has 132 valence electrons. The number of anilines is 2. The highest BCUT2D eigenvalue weighted by atomic mass is 32.2. The van der Waals surface area contributed by atoms with Crippen LogP contribution in [-0.2, 0) is 4.74 Å². The van der Waals surface area contributed by atoms with Gasteiger partial charge in [0.2, 0.25) is 0 Å². The first kappa shape index (κ1) is 17.0. The zero-order valence-electron chi connectivity index (χ0n) is 14.6. The third kappa shape index (κ3) is 3.07. The number of benzene rings is 2. The van der Waals surface area contributed by atoms with Gasteiger partial charge in [-0.1, -0.05) is 47.7 Å². The summed E-state index contributed by atoms with van der Waals surface area (Å²) in [6, 6.07) is 13.9. The van der Waals surface area contributed by atoms with Crippen LogP contribution in [0.3, 0.4) is 0 Å². The molecule has 0 radical (unpaired) electrons. The molecule has 3 aromatic rings. The summed E-state index contributed by atoms with van der Waals surface area (Å²) in [7, 11) is 1.66. The molecule has 0 spiro atoms. The van der Waals surface area contributed by atoms with E-state index in [1.165, 1.54) is 5.56 Å². The number of hydrogen-bond donors (Lipinski definition) is 1. The van der Waals surface area contributed by atoms with Crippen molar-refractivity contribution in [3.05, 3.63) is 71.5 Å². The largest absolute Gasteiger partial charge is 0.384 e. The Hall–Kier alpha value is -2.41. The van der Waals surface area contributed by atoms with Gasteiger partial charge in [-0.15, -0.1) is 0 Å². The van der Waals surface area contributed by atoms with Crippen molar-refractivity contribution in [3.63, 3.8) is 0 Å². The first-order valence-corrected chi connectivity index (χ1v) is 9.13. The first-order chi connectivity index (χ1) is 12.7. The van der Waals surface area contributed by atoms with Gasteiger partial charge in [-0.3, -0.25) is 4.90 Å². The van der Waals surface area contributed by atoms with Crippen molar-refractivity contribution in [2.75, 3.05) is 18.7 Å². The van der Waals surface area contributed by atoms with Crippen LogP contribution < -0.4 is 4.90 Å². The second kappa shape index (κ2) is 7.07. The molecule has 4 rings (SSSR count). The fourth-order valence-corrected chi connectivity index (χ4v) is 3.98. The smallest absolute Gasteiger partial charge is 0.168 e. The molecule has 0 saturated carbocycles. The quantitative estimate of drug-likeness (QED) is 0.752. The second-order valence-corrected chi connectivity index (χ2v) is 7.20. The van der Waals surface area contributed by atoms with Crippen LogP contribution in [0, 0.1) is 6.92 Å². The Labute approximate surface area is 156 Å². The molecule has 0 saturated heterocycles. The monoisotopic (exact) mass is 365 g/mol. The number of aryl methyl sites for hydroxylation is 1. The van der Waals surface area contributed by atoms with Crippen LogP contribution in [0.15, 0.2) is 64.8 Å². The lowest BCUT2D eigenvalue weighted by Gasteiger charge is -2.30. The van der Waals surface area contributed by atoms with Crippen molar-refractivity contribution >= 4 is 23.3 Å². The molecule has 1 aromatic heterocycles. The topological polar surface area (TPSA) is 58.5 Å². The average molecular weight is 365 g/mol. The Morgan fingerprint density at radius 1 is 1.08 bits per heavy atom. The average Bonchev–Trinajstić information content (AvgIpc) is 2.67. The summed E-state index contributed by atoms with van der Waals surface area (Å²) in [6.07, 6.45) is 2.69. The summed E-state index contributed by atoms with van der Waals surface area (Å²) in [5.74, 6) is 0.772. The summed E-state index contributed by atoms with van der Waals surface area (Å²) < 4.78 is 5.38. The molecule has 1 unspecified atom stereocenters. The summed E-state index contributed by atoms with van der Waals surface area (Å²) in [5, 5.41) is 11.7. The molecule has 2 heterocycles. The molecule has 1 N–H and O–H groups in total. The molecule has 0 aliphatic carbocycles. The molecular formula is C20H19N3O2S. The predicted octanol–water partition coefficient (Wildman–Crippen LogP) is 4.07. The lowest BCUT2D eigenvalue weighted by Crippen LogP contribution is -2.24. The molecule has 6 heteroatoms. The fourth-order valence-electron chi connectivity index (χ4n) is 3.00. The van der Waals surface area contributed by atoms with Crippen molar-refractivity contribution in [2.24, 2.45) is 0 Å². The molecular weight excluding hydrogens is 346 g/mol. The maximum absolute atomic E-state index is 10.8. The minimum atomic E-state index is -0.682. The zero-order chi connectivity index (χ0) is 18.1. The third-order valence-corrected chi connectivity index (χ3v) is 5.40. The summed E-state index contributed by atoms with van der Waals surface area (Å²) >= 11 is 1.58. The Morgan fingerprint density at radius 2 is 1.81 bits per heavy atom. The summed E-state index contributed by atoms with van der Waals surface area (Å²) in [5.41, 5.74) is 3.84. The number of rotatable bonds is 4. The Kier molecular flexibility index (Phi) is 4.63. The molecule has 1 atom stereocenters. The van der Waals surface area contributed by atoms with E-state index >= 15 is 0 Å². The van der Waals surface area contributed by atoms with Gasteiger partial charge in [-0.2, -0.15) is 0 Å². The third-order valence-electron chi connectivity index (χ3n) is 4.35. The molecule has 0 amide bonds. The fraction of sp³-hybridized carbons (Fsp3) is 0.200. The number of fused-ring (bicyclic) bond motifs is 2. The number of aliphatic hydroxyl groups excluding tert-OH is 1. The van der Waals surface area contributed by atoms with Crippen molar-refractivity contribution in [2.45, 2.75) is 22.9 Å². The van der Waals surface area contributed by atoms with Gasteiger partial charge in [-0.05, 0) is 30.2 Å². The van der Waals surface area contributed by atoms with Crippen LogP contribution >= 0.6 is 11.8 Å². The van der Waals surface area contributed by atoms with Gasteiger partial charge in [0.15, 0.2) is 5.82 Å². The predicted molar refractivity (Wildman–Crippen MR) is 102 cm³/mol. The Balaban J connectivity index is 1.74. The van der Waals surface area contributed by atoms with E-state index in [0.717, 1.165) is 32.6 Å². The zero-order valence-corrected chi connectivity index (χ0v) is 15.4. The van der Waals surface area contributed by atoms with E-state index < -0.39 is 6.10 Å². The van der Waals surface area contributed by atoms with Crippen LogP contribution in [0.5, 0.6) is 0 Å². The Bertz CT molecular complexity index is 931. The van der Waals surface area contributed by atoms with Crippen molar-refractivity contribution < 1.29 is 9.84 Å². The number of methoxy groups -OCH3 is 1. The number of aliphatic hydroxyl groups is 1. The number of nitrogens with zero attached hydrogens (tertiary/aromatic N) is 3. The van der Waals surface area contributed by atoms with E-state index in [4.69, 9.17) is 4.74 Å². The normalized spacial score (nSPS) is 13.9. The Morgan fingerprint density at radius 3 is 2.58 bits per heavy atom. The van der Waals surface area contributed by atoms with E-state index in [2.05, 4.69) is 9.97 Å². The van der Waals surface area contributed by atoms with E-state index in [-0.39, 0.29) is 0 Å². The molecule has 26 heavy (non-hydrogen) atoms. The minimum absolute atomic E-state index is 0.364. The van der Waals surface area contributed by atoms with Crippen LogP contribution in [0.1, 0.15) is 22.8 Å². The first-order valence-electron chi connectivity index (χ1n) is 8.31. The highest BCUT2D eigenvalue weighted by Crippen LogP contribution is 2.46. The van der Waals surface area contributed by atoms with Gasteiger partial charge in [0.05, 0.1) is 5.69 Å². The molecule has 0 fully saturated rings. The molecule has 1 aliphatic rings. The number of hydrogen-bond acceptors (Lipinski definition) is 6. The molecule has 5 nitrogen and oxygen atoms in total. The number of ether oxygens (including phenoxy) is 1. The van der Waals surface area contributed by atoms with Crippen molar-refractivity contribution in [3.8, 4) is 0 Å². The van der Waals surface area contributed by atoms with Gasteiger partial charge < -0.3 is 9.84 Å². The van der Waals surface area contributed by atoms with Gasteiger partial charge in [0.25, 0.3) is 0 Å². The van der Waals surface area contributed by atoms with E-state index in [1.807, 2.05) is 54.3 Å². The van der Waals surface area contributed by atoms with Crippen LogP contribution in [0.4, 0.5) is 11.5 Å². The van der Waals surface area contributed by atoms with E-state index in [0.29, 0.717) is 6.73 Å². The van der Waals surface area contributed by atoms with E-state index in [9.17, 15) is 5.11 Å². The van der Waals surface area contributed by atoms with Crippen LogP contribution in [0.2, 0.25) is 0 Å². The minimum Gasteiger partial charge on any atom is -0.384 e. The second-order valence-electron chi connectivity index (χ2n) is 6.17. The van der Waals surface area contributed by atoms with Gasteiger partial charge >= 0.3 is 0 Å². The van der Waals surface area contributed by atoms with Gasteiger partial charge in [0, 0.05) is 24.4 Å². The molecule has 1 aliphatic heterocycles. The van der Waals surface area contributed by atoms with Crippen LogP contribution in [0.25, 0.3) is 0 Å². The van der Waals surface area contributed by atoms with E-state index in [1.54, 1.807) is 31.3 Å². The standard InChI is InChI=1S/C20H19N3O2S/c1-13-3-5-14(6-4-13)18(24)15-7-8-17-16(11-15)23(12-25-2)19-20(26-17)22-10-9-21-19/h3-11,18,24H,12H2,1-2H3. The number of aromatic nitrogens is 2. The maximum atomic E-state index is 10.8. The lowest BCUT2D eigenvalue weighted by molar-refractivity contribution is 0.204. The SMILES string of the molecule is COCN1c2cc(C(O)c3ccc(C)cc3)ccc2Sc2nccnc21. The van der Waals surface area contributed by atoms with Crippen molar-refractivity contribution in [1.82, 2.24) is 9.97 Å². The molecule has 2 aromatic carbocycles. The lowest BCUT2D eigenvalue weighted by atomic mass is 10.00. The van der Waals surface area contributed by atoms with Crippen LogP contribution in [-0.4, -0.2) is 28.9 Å². The van der Waals surface area contributed by atoms with Crippen molar-refractivity contribution in [1.29, 1.82) is 0 Å². The highest BCUT2D eigenvalue weighted by Gasteiger charge is 2.26. The highest BCUT2D eigenvalue weighted by molar-refractivity contribution is 7.99.